The van der Waals surface area contributed by atoms with E-state index < -0.39 is 6.04 Å². The molecule has 5 nitrogen and oxygen atoms in total. The molecule has 1 aromatic heterocycles. The van der Waals surface area contributed by atoms with Gasteiger partial charge in [0.1, 0.15) is 6.04 Å². The molecule has 0 aliphatic carbocycles. The van der Waals surface area contributed by atoms with Crippen molar-refractivity contribution in [1.29, 1.82) is 0 Å². The molecular weight excluding hydrogens is 369 g/mol. The maximum Gasteiger partial charge on any atom is 0.241 e. The first kappa shape index (κ1) is 21.9. The number of carbonyl (C=O) groups is 1. The molecule has 0 spiro atoms. The van der Waals surface area contributed by atoms with Crippen LogP contribution in [0.4, 0.5) is 0 Å². The predicted octanol–water partition coefficient (Wildman–Crippen LogP) is 1.86. The van der Waals surface area contributed by atoms with Gasteiger partial charge in [-0.05, 0) is 12.1 Å². The quantitative estimate of drug-likeness (QED) is 0.834. The number of halogens is 3. The maximum absolute atomic E-state index is 12.0. The second kappa shape index (κ2) is 10.6. The SMILES string of the molecule is COCC(N)C(=O)N1CCN(Cc2ccc(Cl)s2)CC1.Cl.Cl. The van der Waals surface area contributed by atoms with Crippen molar-refractivity contribution >= 4 is 53.7 Å². The van der Waals surface area contributed by atoms with E-state index in [1.807, 2.05) is 11.0 Å². The number of nitrogens with two attached hydrogens (primary N) is 1. The summed E-state index contributed by atoms with van der Waals surface area (Å²) in [6, 6.07) is 3.42. The Morgan fingerprint density at radius 2 is 2.00 bits per heavy atom. The van der Waals surface area contributed by atoms with E-state index >= 15 is 0 Å². The number of hydrogen-bond donors (Lipinski definition) is 1. The lowest BCUT2D eigenvalue weighted by molar-refractivity contribution is -0.135. The van der Waals surface area contributed by atoms with E-state index in [9.17, 15) is 4.79 Å². The first-order valence-corrected chi connectivity index (χ1v) is 7.79. The lowest BCUT2D eigenvalue weighted by Crippen LogP contribution is -2.53. The van der Waals surface area contributed by atoms with E-state index in [1.165, 1.54) is 4.88 Å². The van der Waals surface area contributed by atoms with Crippen LogP contribution in [-0.4, -0.2) is 61.6 Å². The van der Waals surface area contributed by atoms with Gasteiger partial charge in [-0.2, -0.15) is 0 Å². The van der Waals surface area contributed by atoms with Gasteiger partial charge in [0.15, 0.2) is 0 Å². The highest BCUT2D eigenvalue weighted by Crippen LogP contribution is 2.23. The number of nitrogens with zero attached hydrogens (tertiary/aromatic N) is 2. The van der Waals surface area contributed by atoms with E-state index in [0.717, 1.165) is 37.1 Å². The van der Waals surface area contributed by atoms with Crippen LogP contribution in [0.25, 0.3) is 0 Å². The number of amides is 1. The zero-order valence-corrected chi connectivity index (χ0v) is 15.6. The second-order valence-electron chi connectivity index (χ2n) is 4.87. The van der Waals surface area contributed by atoms with Crippen molar-refractivity contribution in [2.24, 2.45) is 5.73 Å². The van der Waals surface area contributed by atoms with E-state index in [2.05, 4.69) is 11.0 Å². The van der Waals surface area contributed by atoms with Gasteiger partial charge in [-0.1, -0.05) is 11.6 Å². The van der Waals surface area contributed by atoms with Gasteiger partial charge in [0, 0.05) is 44.7 Å². The molecule has 0 saturated carbocycles. The van der Waals surface area contributed by atoms with Gasteiger partial charge in [0.25, 0.3) is 0 Å². The Kier molecular flexibility index (Phi) is 10.6. The summed E-state index contributed by atoms with van der Waals surface area (Å²) in [5.74, 6) is -0.0225. The normalized spacial score (nSPS) is 16.6. The molecule has 2 N–H and O–H groups in total. The van der Waals surface area contributed by atoms with Crippen molar-refractivity contribution in [2.45, 2.75) is 12.6 Å². The molecule has 1 fully saturated rings. The standard InChI is InChI=1S/C13H20ClN3O2S.2ClH/c1-19-9-11(15)13(18)17-6-4-16(5-7-17)8-10-2-3-12(14)20-10;;/h2-3,11H,4-9,15H2,1H3;2*1H. The minimum Gasteiger partial charge on any atom is -0.383 e. The van der Waals surface area contributed by atoms with Crippen molar-refractivity contribution in [3.8, 4) is 0 Å². The Labute approximate surface area is 152 Å². The van der Waals surface area contributed by atoms with Crippen LogP contribution in [-0.2, 0) is 16.1 Å². The molecular formula is C13H22Cl3N3O2S. The van der Waals surface area contributed by atoms with Crippen molar-refractivity contribution < 1.29 is 9.53 Å². The molecule has 1 unspecified atom stereocenters. The molecule has 1 amide bonds. The Hall–Kier alpha value is -0.0800. The molecule has 0 radical (unpaired) electrons. The lowest BCUT2D eigenvalue weighted by Gasteiger charge is -2.35. The third-order valence-corrected chi connectivity index (χ3v) is 4.57. The summed E-state index contributed by atoms with van der Waals surface area (Å²) < 4.78 is 5.74. The van der Waals surface area contributed by atoms with Gasteiger partial charge in [0.2, 0.25) is 5.91 Å². The fourth-order valence-electron chi connectivity index (χ4n) is 2.27. The third kappa shape index (κ3) is 6.20. The van der Waals surface area contributed by atoms with Crippen LogP contribution >= 0.6 is 47.8 Å². The van der Waals surface area contributed by atoms with Crippen LogP contribution in [0.3, 0.4) is 0 Å². The maximum atomic E-state index is 12.0. The molecule has 1 saturated heterocycles. The van der Waals surface area contributed by atoms with Crippen molar-refractivity contribution in [2.75, 3.05) is 39.9 Å². The van der Waals surface area contributed by atoms with E-state index in [-0.39, 0.29) is 37.3 Å². The largest absolute Gasteiger partial charge is 0.383 e. The monoisotopic (exact) mass is 389 g/mol. The van der Waals surface area contributed by atoms with Gasteiger partial charge in [-0.3, -0.25) is 9.69 Å². The fourth-order valence-corrected chi connectivity index (χ4v) is 3.40. The Bertz CT molecular complexity index is 453. The molecule has 1 atom stereocenters. The molecule has 9 heteroatoms. The molecule has 128 valence electrons. The van der Waals surface area contributed by atoms with Gasteiger partial charge in [-0.25, -0.2) is 0 Å². The first-order valence-electron chi connectivity index (χ1n) is 6.60. The van der Waals surface area contributed by atoms with Crippen LogP contribution in [0.15, 0.2) is 12.1 Å². The minimum atomic E-state index is -0.553. The number of piperazine rings is 1. The summed E-state index contributed by atoms with van der Waals surface area (Å²) in [6.07, 6.45) is 0. The van der Waals surface area contributed by atoms with Gasteiger partial charge in [-0.15, -0.1) is 36.2 Å². The smallest absolute Gasteiger partial charge is 0.241 e. The van der Waals surface area contributed by atoms with Crippen LogP contribution in [0.1, 0.15) is 4.88 Å². The third-order valence-electron chi connectivity index (χ3n) is 3.36. The summed E-state index contributed by atoms with van der Waals surface area (Å²) >= 11 is 7.54. The van der Waals surface area contributed by atoms with Crippen LogP contribution in [0, 0.1) is 0 Å². The van der Waals surface area contributed by atoms with Crippen LogP contribution < -0.4 is 5.73 Å². The summed E-state index contributed by atoms with van der Waals surface area (Å²) in [5.41, 5.74) is 5.78. The molecule has 0 aromatic carbocycles. The average Bonchev–Trinajstić information content (AvgIpc) is 2.84. The zero-order valence-electron chi connectivity index (χ0n) is 12.4. The van der Waals surface area contributed by atoms with E-state index in [4.69, 9.17) is 22.1 Å². The number of thiophene rings is 1. The summed E-state index contributed by atoms with van der Waals surface area (Å²) in [5, 5.41) is 0. The summed E-state index contributed by atoms with van der Waals surface area (Å²) in [7, 11) is 1.55. The van der Waals surface area contributed by atoms with Gasteiger partial charge in [0.05, 0.1) is 10.9 Å². The molecule has 22 heavy (non-hydrogen) atoms. The topological polar surface area (TPSA) is 58.8 Å². The average molecular weight is 391 g/mol. The Morgan fingerprint density at radius 3 is 2.50 bits per heavy atom. The van der Waals surface area contributed by atoms with Crippen molar-refractivity contribution in [1.82, 2.24) is 9.80 Å². The number of hydrogen-bond acceptors (Lipinski definition) is 5. The molecule has 1 aliphatic heterocycles. The number of rotatable bonds is 5. The lowest BCUT2D eigenvalue weighted by atomic mass is 10.2. The minimum absolute atomic E-state index is 0. The number of carbonyl (C=O) groups excluding carboxylic acids is 1. The highest BCUT2D eigenvalue weighted by atomic mass is 35.5. The van der Waals surface area contributed by atoms with Crippen LogP contribution in [0.2, 0.25) is 4.34 Å². The van der Waals surface area contributed by atoms with E-state index in [0.29, 0.717) is 0 Å². The van der Waals surface area contributed by atoms with E-state index in [1.54, 1.807) is 18.4 Å². The Morgan fingerprint density at radius 1 is 1.36 bits per heavy atom. The molecule has 0 bridgehead atoms. The second-order valence-corrected chi connectivity index (χ2v) is 6.67. The highest BCUT2D eigenvalue weighted by molar-refractivity contribution is 7.16. The first-order chi connectivity index (χ1) is 9.60. The van der Waals surface area contributed by atoms with Crippen LogP contribution in [0.5, 0.6) is 0 Å². The fraction of sp³-hybridized carbons (Fsp3) is 0.615. The predicted molar refractivity (Wildman–Crippen MR) is 95.5 cm³/mol. The molecule has 2 rings (SSSR count). The summed E-state index contributed by atoms with van der Waals surface area (Å²) in [4.78, 5) is 17.4. The highest BCUT2D eigenvalue weighted by Gasteiger charge is 2.25. The van der Waals surface area contributed by atoms with Crippen molar-refractivity contribution in [3.05, 3.63) is 21.3 Å². The van der Waals surface area contributed by atoms with Crippen molar-refractivity contribution in [3.63, 3.8) is 0 Å². The van der Waals surface area contributed by atoms with Gasteiger partial charge >= 0.3 is 0 Å². The molecule has 1 aromatic rings. The number of ether oxygens (including phenoxy) is 1. The zero-order chi connectivity index (χ0) is 14.5. The molecule has 2 heterocycles. The number of methoxy groups -OCH3 is 1. The van der Waals surface area contributed by atoms with Gasteiger partial charge < -0.3 is 15.4 Å². The summed E-state index contributed by atoms with van der Waals surface area (Å²) in [6.45, 7) is 4.32. The Balaban J connectivity index is 0.00000220. The molecule has 1 aliphatic rings.